The van der Waals surface area contributed by atoms with Gasteiger partial charge in [-0.1, -0.05) is 0 Å². The van der Waals surface area contributed by atoms with E-state index in [2.05, 4.69) is 5.10 Å². The summed E-state index contributed by atoms with van der Waals surface area (Å²) in [5.74, 6) is -0.429. The minimum absolute atomic E-state index is 0.0970. The van der Waals surface area contributed by atoms with Crippen LogP contribution in [0.25, 0.3) is 5.69 Å². The van der Waals surface area contributed by atoms with Gasteiger partial charge in [-0.3, -0.25) is 4.79 Å². The quantitative estimate of drug-likeness (QED) is 0.558. The Bertz CT molecular complexity index is 1350. The standard InChI is InChI=1S/C24H24FN5O3S/c1-17-23(18(2)30(27-17)21-7-5-20(25)6-8-21)15-24(31)28-11-13-29(14-12-28)34(32,33)22-9-3-19(16-26)4-10-22/h3-10H,11-15H2,1-2H3. The van der Waals surface area contributed by atoms with Crippen molar-refractivity contribution in [2.75, 3.05) is 26.2 Å². The van der Waals surface area contributed by atoms with Crippen LogP contribution in [0.3, 0.4) is 0 Å². The summed E-state index contributed by atoms with van der Waals surface area (Å²) in [6.07, 6.45) is 0.154. The van der Waals surface area contributed by atoms with Crippen LogP contribution >= 0.6 is 0 Å². The summed E-state index contributed by atoms with van der Waals surface area (Å²) < 4.78 is 42.1. The van der Waals surface area contributed by atoms with Crippen molar-refractivity contribution in [1.82, 2.24) is 19.0 Å². The second-order valence-corrected chi connectivity index (χ2v) is 10.1. The number of halogens is 1. The minimum atomic E-state index is -3.69. The smallest absolute Gasteiger partial charge is 0.243 e. The highest BCUT2D eigenvalue weighted by Gasteiger charge is 2.30. The molecule has 1 aliphatic heterocycles. The van der Waals surface area contributed by atoms with Crippen molar-refractivity contribution in [3.05, 3.63) is 76.9 Å². The Labute approximate surface area is 197 Å². The molecular formula is C24H24FN5O3S. The van der Waals surface area contributed by atoms with Crippen molar-refractivity contribution in [3.63, 3.8) is 0 Å². The van der Waals surface area contributed by atoms with Crippen LogP contribution in [0, 0.1) is 31.0 Å². The van der Waals surface area contributed by atoms with E-state index in [-0.39, 0.29) is 36.1 Å². The Morgan fingerprint density at radius 3 is 2.24 bits per heavy atom. The molecule has 1 amide bonds. The van der Waals surface area contributed by atoms with Crippen molar-refractivity contribution in [2.24, 2.45) is 0 Å². The maximum absolute atomic E-state index is 13.3. The van der Waals surface area contributed by atoms with Gasteiger partial charge in [0.1, 0.15) is 5.82 Å². The average Bonchev–Trinajstić information content (AvgIpc) is 3.13. The Morgan fingerprint density at radius 2 is 1.65 bits per heavy atom. The number of aryl methyl sites for hydroxylation is 1. The first-order chi connectivity index (χ1) is 16.2. The second kappa shape index (κ2) is 9.37. The first kappa shape index (κ1) is 23.6. The summed E-state index contributed by atoms with van der Waals surface area (Å²) in [7, 11) is -3.69. The molecule has 0 aliphatic carbocycles. The number of sulfonamides is 1. The van der Waals surface area contributed by atoms with Crippen LogP contribution in [0.4, 0.5) is 4.39 Å². The number of benzene rings is 2. The molecule has 34 heavy (non-hydrogen) atoms. The lowest BCUT2D eigenvalue weighted by Crippen LogP contribution is -2.50. The molecule has 0 N–H and O–H groups in total. The van der Waals surface area contributed by atoms with Gasteiger partial charge in [-0.05, 0) is 62.4 Å². The molecule has 2 aromatic carbocycles. The van der Waals surface area contributed by atoms with Crippen molar-refractivity contribution in [1.29, 1.82) is 5.26 Å². The molecule has 1 aliphatic rings. The number of hydrogen-bond acceptors (Lipinski definition) is 5. The van der Waals surface area contributed by atoms with E-state index >= 15 is 0 Å². The van der Waals surface area contributed by atoms with Crippen LogP contribution in [0.2, 0.25) is 0 Å². The molecular weight excluding hydrogens is 457 g/mol. The van der Waals surface area contributed by atoms with Gasteiger partial charge in [0, 0.05) is 37.4 Å². The molecule has 0 bridgehead atoms. The number of hydrogen-bond donors (Lipinski definition) is 0. The van der Waals surface area contributed by atoms with E-state index in [9.17, 15) is 17.6 Å². The van der Waals surface area contributed by atoms with Crippen molar-refractivity contribution in [3.8, 4) is 11.8 Å². The summed E-state index contributed by atoms with van der Waals surface area (Å²) in [5, 5.41) is 13.4. The molecule has 4 rings (SSSR count). The third-order valence-electron chi connectivity index (χ3n) is 6.05. The van der Waals surface area contributed by atoms with Gasteiger partial charge in [0.25, 0.3) is 0 Å². The van der Waals surface area contributed by atoms with E-state index in [4.69, 9.17) is 5.26 Å². The molecule has 0 spiro atoms. The van der Waals surface area contributed by atoms with Crippen molar-refractivity contribution < 1.29 is 17.6 Å². The zero-order chi connectivity index (χ0) is 24.5. The van der Waals surface area contributed by atoms with Gasteiger partial charge in [0.15, 0.2) is 0 Å². The molecule has 1 aromatic heterocycles. The van der Waals surface area contributed by atoms with Crippen LogP contribution in [0.15, 0.2) is 53.4 Å². The van der Waals surface area contributed by atoms with Gasteiger partial charge in [0.05, 0.1) is 34.3 Å². The summed E-state index contributed by atoms with van der Waals surface area (Å²) >= 11 is 0. The number of rotatable bonds is 5. The largest absolute Gasteiger partial charge is 0.340 e. The van der Waals surface area contributed by atoms with Gasteiger partial charge in [0.2, 0.25) is 15.9 Å². The van der Waals surface area contributed by atoms with E-state index in [1.807, 2.05) is 19.9 Å². The summed E-state index contributed by atoms with van der Waals surface area (Å²) in [4.78, 5) is 14.8. The Hall–Kier alpha value is -3.55. The topological polar surface area (TPSA) is 99.3 Å². The SMILES string of the molecule is Cc1nn(-c2ccc(F)cc2)c(C)c1CC(=O)N1CCN(S(=O)(=O)c2ccc(C#N)cc2)CC1. The maximum Gasteiger partial charge on any atom is 0.243 e. The third-order valence-corrected chi connectivity index (χ3v) is 7.97. The van der Waals surface area contributed by atoms with E-state index in [0.29, 0.717) is 24.3 Å². The Morgan fingerprint density at radius 1 is 1.03 bits per heavy atom. The normalized spacial score (nSPS) is 14.7. The lowest BCUT2D eigenvalue weighted by atomic mass is 10.1. The number of amides is 1. The number of aromatic nitrogens is 2. The highest BCUT2D eigenvalue weighted by atomic mass is 32.2. The molecule has 1 saturated heterocycles. The number of piperazine rings is 1. The molecule has 1 fully saturated rings. The van der Waals surface area contributed by atoms with Gasteiger partial charge in [-0.15, -0.1) is 0 Å². The van der Waals surface area contributed by atoms with Gasteiger partial charge in [-0.25, -0.2) is 17.5 Å². The lowest BCUT2D eigenvalue weighted by molar-refractivity contribution is -0.131. The number of nitriles is 1. The number of carbonyl (C=O) groups is 1. The van der Waals surface area contributed by atoms with Crippen LogP contribution < -0.4 is 0 Å². The Kier molecular flexibility index (Phi) is 6.50. The summed E-state index contributed by atoms with van der Waals surface area (Å²) in [6.45, 7) is 4.67. The molecule has 10 heteroatoms. The fourth-order valence-corrected chi connectivity index (χ4v) is 5.48. The van der Waals surface area contributed by atoms with Crippen LogP contribution in [0.5, 0.6) is 0 Å². The zero-order valence-corrected chi connectivity index (χ0v) is 19.7. The maximum atomic E-state index is 13.3. The zero-order valence-electron chi connectivity index (χ0n) is 18.9. The van der Waals surface area contributed by atoms with Crippen LogP contribution in [-0.4, -0.2) is 59.5 Å². The minimum Gasteiger partial charge on any atom is -0.340 e. The summed E-state index contributed by atoms with van der Waals surface area (Å²) in [5.41, 5.74) is 3.43. The molecule has 3 aromatic rings. The first-order valence-corrected chi connectivity index (χ1v) is 12.2. The van der Waals surface area contributed by atoms with Crippen LogP contribution in [-0.2, 0) is 21.2 Å². The molecule has 2 heterocycles. The van der Waals surface area contributed by atoms with Gasteiger partial charge < -0.3 is 4.90 Å². The molecule has 8 nitrogen and oxygen atoms in total. The van der Waals surface area contributed by atoms with E-state index in [1.165, 1.54) is 40.7 Å². The average molecular weight is 482 g/mol. The van der Waals surface area contributed by atoms with Crippen LogP contribution in [0.1, 0.15) is 22.5 Å². The lowest BCUT2D eigenvalue weighted by Gasteiger charge is -2.34. The van der Waals surface area contributed by atoms with Gasteiger partial charge >= 0.3 is 0 Å². The second-order valence-electron chi connectivity index (χ2n) is 8.14. The first-order valence-electron chi connectivity index (χ1n) is 10.8. The van der Waals surface area contributed by atoms with E-state index in [1.54, 1.807) is 21.7 Å². The van der Waals surface area contributed by atoms with E-state index in [0.717, 1.165) is 17.0 Å². The third kappa shape index (κ3) is 4.58. The predicted octanol–water partition coefficient (Wildman–Crippen LogP) is 2.58. The molecule has 0 saturated carbocycles. The summed E-state index contributed by atoms with van der Waals surface area (Å²) in [6, 6.07) is 13.8. The Balaban J connectivity index is 1.42. The van der Waals surface area contributed by atoms with Crippen molar-refractivity contribution in [2.45, 2.75) is 25.2 Å². The number of carbonyl (C=O) groups excluding carboxylic acids is 1. The molecule has 0 radical (unpaired) electrons. The number of nitrogens with zero attached hydrogens (tertiary/aromatic N) is 5. The highest BCUT2D eigenvalue weighted by molar-refractivity contribution is 7.89. The monoisotopic (exact) mass is 481 g/mol. The van der Waals surface area contributed by atoms with Crippen molar-refractivity contribution >= 4 is 15.9 Å². The molecule has 0 atom stereocenters. The highest BCUT2D eigenvalue weighted by Crippen LogP contribution is 2.21. The van der Waals surface area contributed by atoms with Gasteiger partial charge in [-0.2, -0.15) is 14.7 Å². The van der Waals surface area contributed by atoms with E-state index < -0.39 is 10.0 Å². The predicted molar refractivity (Wildman–Crippen MR) is 123 cm³/mol. The fraction of sp³-hybridized carbons (Fsp3) is 0.292. The molecule has 176 valence electrons. The fourth-order valence-electron chi connectivity index (χ4n) is 4.06. The molecule has 0 unspecified atom stereocenters.